The summed E-state index contributed by atoms with van der Waals surface area (Å²) in [5.41, 5.74) is 3.95. The second-order valence-electron chi connectivity index (χ2n) is 9.34. The van der Waals surface area contributed by atoms with Crippen LogP contribution >= 0.6 is 23.2 Å². The Morgan fingerprint density at radius 2 is 1.80 bits per heavy atom. The molecule has 11 heteroatoms. The number of benzene rings is 3. The van der Waals surface area contributed by atoms with Crippen molar-refractivity contribution in [2.24, 2.45) is 4.99 Å². The summed E-state index contributed by atoms with van der Waals surface area (Å²) in [6.07, 6.45) is -0.0880. The van der Waals surface area contributed by atoms with Crippen LogP contribution in [0.3, 0.4) is 0 Å². The Morgan fingerprint density at radius 1 is 1.00 bits per heavy atom. The lowest BCUT2D eigenvalue weighted by atomic mass is 10.00. The van der Waals surface area contributed by atoms with Crippen LogP contribution in [0.2, 0.25) is 10.0 Å². The van der Waals surface area contributed by atoms with Gasteiger partial charge in [0.2, 0.25) is 0 Å². The molecule has 1 aliphatic rings. The highest BCUT2D eigenvalue weighted by Crippen LogP contribution is 2.32. The molecule has 0 bridgehead atoms. The van der Waals surface area contributed by atoms with Crippen molar-refractivity contribution in [2.45, 2.75) is 25.4 Å². The fraction of sp³-hybridized carbons (Fsp3) is 0.138. The highest BCUT2D eigenvalue weighted by atomic mass is 35.5. The molecular formula is C29H22Cl2N6O3. The van der Waals surface area contributed by atoms with E-state index in [-0.39, 0.29) is 25.3 Å². The van der Waals surface area contributed by atoms with Crippen molar-refractivity contribution < 1.29 is 14.7 Å². The third kappa shape index (κ3) is 4.85. The fourth-order valence-corrected chi connectivity index (χ4v) is 5.29. The zero-order valence-corrected chi connectivity index (χ0v) is 22.4. The van der Waals surface area contributed by atoms with Crippen LogP contribution in [0.15, 0.2) is 77.8 Å². The van der Waals surface area contributed by atoms with Crippen LogP contribution in [-0.2, 0) is 11.3 Å². The van der Waals surface area contributed by atoms with Crippen LogP contribution in [0.5, 0.6) is 0 Å². The summed E-state index contributed by atoms with van der Waals surface area (Å²) in [4.78, 5) is 32.9. The molecule has 40 heavy (non-hydrogen) atoms. The maximum atomic E-state index is 13.4. The predicted molar refractivity (Wildman–Crippen MR) is 153 cm³/mol. The van der Waals surface area contributed by atoms with Crippen LogP contribution in [0.1, 0.15) is 52.1 Å². The Hall–Kier alpha value is -4.47. The number of hydrogen-bond acceptors (Lipinski definition) is 5. The Bertz CT molecular complexity index is 1780. The molecule has 6 rings (SSSR count). The van der Waals surface area contributed by atoms with Gasteiger partial charge < -0.3 is 15.4 Å². The zero-order valence-electron chi connectivity index (χ0n) is 20.9. The van der Waals surface area contributed by atoms with Crippen molar-refractivity contribution in [2.75, 3.05) is 0 Å². The third-order valence-electron chi connectivity index (χ3n) is 6.76. The Morgan fingerprint density at radius 3 is 2.60 bits per heavy atom. The summed E-state index contributed by atoms with van der Waals surface area (Å²) < 4.78 is 1.82. The summed E-state index contributed by atoms with van der Waals surface area (Å²) in [6.45, 7) is 0.182. The van der Waals surface area contributed by atoms with E-state index in [1.165, 1.54) is 0 Å². The topological polar surface area (TPSA) is 125 Å². The number of aromatic nitrogens is 4. The summed E-state index contributed by atoms with van der Waals surface area (Å²) in [5, 5.41) is 23.2. The number of hydrogen-bond donors (Lipinski definition) is 3. The van der Waals surface area contributed by atoms with E-state index >= 15 is 0 Å². The number of nitrogens with zero attached hydrogens (tertiary/aromatic N) is 4. The van der Waals surface area contributed by atoms with Crippen molar-refractivity contribution >= 4 is 51.7 Å². The van der Waals surface area contributed by atoms with Crippen LogP contribution in [0, 0.1) is 0 Å². The molecule has 2 aromatic heterocycles. The molecule has 0 aliphatic carbocycles. The van der Waals surface area contributed by atoms with E-state index < -0.39 is 12.0 Å². The third-order valence-corrected chi connectivity index (χ3v) is 7.32. The Labute approximate surface area is 238 Å². The zero-order chi connectivity index (χ0) is 27.8. The number of aliphatic carboxylic acids is 1. The molecule has 0 fully saturated rings. The highest BCUT2D eigenvalue weighted by molar-refractivity contribution is 6.36. The molecular weight excluding hydrogens is 551 g/mol. The molecule has 200 valence electrons. The van der Waals surface area contributed by atoms with Crippen LogP contribution < -0.4 is 5.32 Å². The van der Waals surface area contributed by atoms with Gasteiger partial charge in [-0.15, -0.1) is 10.2 Å². The summed E-state index contributed by atoms with van der Waals surface area (Å²) >= 11 is 13.0. The standard InChI is InChI=1S/C29H22Cl2N6O3/c30-17-9-11-24-19(14-17)27(18-6-2-3-7-20(18)31)32-15-25-35-36-28(37(24)25)22(10-12-26(38)39)34-29(40)23-13-16-5-1-4-8-21(16)33-23/h1-9,11,13-14,22,33H,10,12,15H2,(H,34,40)(H,38,39)/t22-/m1/s1. The summed E-state index contributed by atoms with van der Waals surface area (Å²) in [7, 11) is 0. The number of H-pyrrole nitrogens is 1. The molecule has 0 unspecified atom stereocenters. The molecule has 0 saturated carbocycles. The maximum absolute atomic E-state index is 13.4. The van der Waals surface area contributed by atoms with Gasteiger partial charge in [0.1, 0.15) is 12.2 Å². The molecule has 3 N–H and O–H groups in total. The molecule has 3 heterocycles. The highest BCUT2D eigenvalue weighted by Gasteiger charge is 2.29. The van der Waals surface area contributed by atoms with Gasteiger partial charge in [0.05, 0.1) is 17.4 Å². The monoisotopic (exact) mass is 572 g/mol. The van der Waals surface area contributed by atoms with E-state index in [0.29, 0.717) is 44.4 Å². The quantitative estimate of drug-likeness (QED) is 0.229. The van der Waals surface area contributed by atoms with Crippen LogP contribution in [0.4, 0.5) is 0 Å². The number of aliphatic imine (C=N–C) groups is 1. The maximum Gasteiger partial charge on any atom is 0.303 e. The number of para-hydroxylation sites is 1. The van der Waals surface area contributed by atoms with Crippen LogP contribution in [0.25, 0.3) is 16.6 Å². The van der Waals surface area contributed by atoms with Gasteiger partial charge in [-0.2, -0.15) is 0 Å². The van der Waals surface area contributed by atoms with Gasteiger partial charge in [-0.25, -0.2) is 0 Å². The van der Waals surface area contributed by atoms with Crippen molar-refractivity contribution in [3.63, 3.8) is 0 Å². The predicted octanol–water partition coefficient (Wildman–Crippen LogP) is 5.74. The van der Waals surface area contributed by atoms with E-state index in [2.05, 4.69) is 20.5 Å². The average Bonchev–Trinajstić information content (AvgIpc) is 3.53. The SMILES string of the molecule is O=C(O)CC[C@@H](NC(=O)c1cc2ccccc2[nH]1)c1nnc2n1-c1ccc(Cl)cc1C(c1ccccc1Cl)=NC2. The minimum absolute atomic E-state index is 0.0978. The fourth-order valence-electron chi connectivity index (χ4n) is 4.90. The van der Waals surface area contributed by atoms with Gasteiger partial charge in [0, 0.05) is 38.5 Å². The summed E-state index contributed by atoms with van der Waals surface area (Å²) in [6, 6.07) is 21.3. The minimum Gasteiger partial charge on any atom is -0.481 e. The van der Waals surface area contributed by atoms with E-state index in [0.717, 1.165) is 16.5 Å². The molecule has 0 spiro atoms. The van der Waals surface area contributed by atoms with Crippen molar-refractivity contribution in [3.05, 3.63) is 111 Å². The number of carbonyl (C=O) groups excluding carboxylic acids is 1. The number of nitrogens with one attached hydrogen (secondary N) is 2. The van der Waals surface area contributed by atoms with Gasteiger partial charge in [-0.1, -0.05) is 59.6 Å². The lowest BCUT2D eigenvalue weighted by Gasteiger charge is -2.20. The largest absolute Gasteiger partial charge is 0.481 e. The lowest BCUT2D eigenvalue weighted by molar-refractivity contribution is -0.137. The first-order chi connectivity index (χ1) is 19.4. The van der Waals surface area contributed by atoms with Crippen molar-refractivity contribution in [1.29, 1.82) is 0 Å². The van der Waals surface area contributed by atoms with Gasteiger partial charge in [0.15, 0.2) is 11.6 Å². The number of aromatic amines is 1. The van der Waals surface area contributed by atoms with E-state index in [1.54, 1.807) is 24.3 Å². The normalized spacial score (nSPS) is 13.2. The van der Waals surface area contributed by atoms with Crippen molar-refractivity contribution in [1.82, 2.24) is 25.1 Å². The Kier molecular flexibility index (Phi) is 6.83. The molecule has 1 atom stereocenters. The number of carboxylic acids is 1. The Balaban J connectivity index is 1.43. The van der Waals surface area contributed by atoms with Gasteiger partial charge in [-0.3, -0.25) is 19.1 Å². The molecule has 0 saturated heterocycles. The van der Waals surface area contributed by atoms with Gasteiger partial charge in [0.25, 0.3) is 5.91 Å². The van der Waals surface area contributed by atoms with Crippen molar-refractivity contribution in [3.8, 4) is 5.69 Å². The molecule has 1 amide bonds. The first-order valence-corrected chi connectivity index (χ1v) is 13.3. The number of carbonyl (C=O) groups is 2. The molecule has 1 aliphatic heterocycles. The minimum atomic E-state index is -0.989. The van der Waals surface area contributed by atoms with E-state index in [1.807, 2.05) is 53.1 Å². The average molecular weight is 573 g/mol. The molecule has 3 aromatic carbocycles. The first kappa shape index (κ1) is 25.8. The lowest BCUT2D eigenvalue weighted by Crippen LogP contribution is -2.31. The summed E-state index contributed by atoms with van der Waals surface area (Å²) in [5.74, 6) is -0.459. The number of carboxylic acid groups (broad SMARTS) is 1. The number of fused-ring (bicyclic) bond motifs is 4. The van der Waals surface area contributed by atoms with E-state index in [4.69, 9.17) is 28.2 Å². The smallest absolute Gasteiger partial charge is 0.303 e. The molecule has 5 aromatic rings. The molecule has 9 nitrogen and oxygen atoms in total. The first-order valence-electron chi connectivity index (χ1n) is 12.5. The molecule has 0 radical (unpaired) electrons. The van der Waals surface area contributed by atoms with Gasteiger partial charge >= 0.3 is 5.97 Å². The van der Waals surface area contributed by atoms with Crippen LogP contribution in [-0.4, -0.2) is 42.4 Å². The van der Waals surface area contributed by atoms with Gasteiger partial charge in [-0.05, 0) is 42.8 Å². The number of halogens is 2. The number of amides is 1. The second kappa shape index (κ2) is 10.6. The second-order valence-corrected chi connectivity index (χ2v) is 10.2. The number of rotatable bonds is 7. The van der Waals surface area contributed by atoms with E-state index in [9.17, 15) is 14.7 Å².